The van der Waals surface area contributed by atoms with Crippen LogP contribution < -0.4 is 21.7 Å². The lowest BCUT2D eigenvalue weighted by Gasteiger charge is -2.23. The fraction of sp³-hybridized carbons (Fsp3) is 0.412. The molecule has 0 saturated heterocycles. The van der Waals surface area contributed by atoms with E-state index in [2.05, 4.69) is 41.2 Å². The first-order chi connectivity index (χ1) is 13.3. The number of nitrogens with two attached hydrogens (primary N) is 1. The SMILES string of the molecule is NC(CS)C(=O)NC(Cc1ccccc1)C(=O)NC(CS)C(=O)NCC(=O)O. The molecule has 3 unspecified atom stereocenters. The van der Waals surface area contributed by atoms with Crippen LogP contribution in [-0.4, -0.2) is 65.0 Å². The second-order valence-corrected chi connectivity index (χ2v) is 6.63. The average Bonchev–Trinajstić information content (AvgIpc) is 2.69. The molecule has 28 heavy (non-hydrogen) atoms. The fourth-order valence-electron chi connectivity index (χ4n) is 2.17. The number of nitrogens with one attached hydrogen (secondary N) is 3. The molecule has 3 amide bonds. The Morgan fingerprint density at radius 1 is 0.929 bits per heavy atom. The molecule has 0 aromatic heterocycles. The first kappa shape index (κ1) is 23.8. The highest BCUT2D eigenvalue weighted by Gasteiger charge is 2.27. The lowest BCUT2D eigenvalue weighted by Crippen LogP contribution is -2.57. The van der Waals surface area contributed by atoms with Gasteiger partial charge in [0.15, 0.2) is 0 Å². The topological polar surface area (TPSA) is 151 Å². The molecule has 0 aliphatic carbocycles. The number of benzene rings is 1. The molecule has 1 rings (SSSR count). The van der Waals surface area contributed by atoms with Gasteiger partial charge in [-0.3, -0.25) is 19.2 Å². The minimum Gasteiger partial charge on any atom is -0.480 e. The number of thiol groups is 2. The van der Waals surface area contributed by atoms with E-state index in [0.717, 1.165) is 5.56 Å². The number of carboxylic acids is 1. The lowest BCUT2D eigenvalue weighted by atomic mass is 10.0. The molecule has 0 saturated carbocycles. The predicted octanol–water partition coefficient (Wildman–Crippen LogP) is -1.41. The zero-order valence-electron chi connectivity index (χ0n) is 15.0. The normalized spacial score (nSPS) is 13.7. The Labute approximate surface area is 173 Å². The van der Waals surface area contributed by atoms with Crippen molar-refractivity contribution in [3.63, 3.8) is 0 Å². The van der Waals surface area contributed by atoms with Gasteiger partial charge in [0.25, 0.3) is 0 Å². The van der Waals surface area contributed by atoms with Gasteiger partial charge in [-0.15, -0.1) is 0 Å². The number of rotatable bonds is 11. The number of aliphatic carboxylic acids is 1. The van der Waals surface area contributed by atoms with Gasteiger partial charge in [0, 0.05) is 17.9 Å². The van der Waals surface area contributed by atoms with Gasteiger partial charge >= 0.3 is 5.97 Å². The molecular formula is C17H24N4O5S2. The summed E-state index contributed by atoms with van der Waals surface area (Å²) >= 11 is 7.99. The first-order valence-electron chi connectivity index (χ1n) is 8.40. The molecule has 11 heteroatoms. The summed E-state index contributed by atoms with van der Waals surface area (Å²) in [7, 11) is 0. The molecule has 6 N–H and O–H groups in total. The number of carbonyl (C=O) groups excluding carboxylic acids is 3. The fourth-order valence-corrected chi connectivity index (χ4v) is 2.60. The molecule has 3 atom stereocenters. The van der Waals surface area contributed by atoms with E-state index in [9.17, 15) is 19.2 Å². The standard InChI is InChI=1S/C17H24N4O5S2/c18-11(8-27)15(24)20-12(6-10-4-2-1-3-5-10)17(26)21-13(9-28)16(25)19-7-14(22)23/h1-5,11-13,27-28H,6-9,18H2,(H,19,25)(H,20,24)(H,21,26)(H,22,23). The van der Waals surface area contributed by atoms with Gasteiger partial charge in [0.2, 0.25) is 17.7 Å². The van der Waals surface area contributed by atoms with E-state index in [1.54, 1.807) is 24.3 Å². The Bertz CT molecular complexity index is 689. The maximum absolute atomic E-state index is 12.7. The zero-order valence-corrected chi connectivity index (χ0v) is 16.8. The van der Waals surface area contributed by atoms with E-state index in [1.807, 2.05) is 6.07 Å². The van der Waals surface area contributed by atoms with Crippen LogP contribution in [0.1, 0.15) is 5.56 Å². The summed E-state index contributed by atoms with van der Waals surface area (Å²) in [6, 6.07) is 6.04. The Balaban J connectivity index is 2.87. The number of carboxylic acid groups (broad SMARTS) is 1. The van der Waals surface area contributed by atoms with Gasteiger partial charge in [0.05, 0.1) is 6.04 Å². The predicted molar refractivity (Wildman–Crippen MR) is 110 cm³/mol. The van der Waals surface area contributed by atoms with Gasteiger partial charge in [-0.2, -0.15) is 25.3 Å². The Morgan fingerprint density at radius 2 is 1.54 bits per heavy atom. The largest absolute Gasteiger partial charge is 0.480 e. The van der Waals surface area contributed by atoms with E-state index in [4.69, 9.17) is 10.8 Å². The number of carbonyl (C=O) groups is 4. The van der Waals surface area contributed by atoms with Crippen molar-refractivity contribution in [1.82, 2.24) is 16.0 Å². The van der Waals surface area contributed by atoms with Crippen molar-refractivity contribution in [2.24, 2.45) is 5.73 Å². The maximum Gasteiger partial charge on any atom is 0.322 e. The molecule has 0 aliphatic heterocycles. The molecule has 0 fully saturated rings. The van der Waals surface area contributed by atoms with Crippen LogP contribution in [0.4, 0.5) is 0 Å². The Morgan fingerprint density at radius 3 is 2.07 bits per heavy atom. The van der Waals surface area contributed by atoms with Crippen LogP contribution in [-0.2, 0) is 25.6 Å². The summed E-state index contributed by atoms with van der Waals surface area (Å²) in [5.74, 6) is -3.03. The smallest absolute Gasteiger partial charge is 0.322 e. The summed E-state index contributed by atoms with van der Waals surface area (Å²) in [6.45, 7) is -0.583. The van der Waals surface area contributed by atoms with Gasteiger partial charge in [-0.25, -0.2) is 0 Å². The van der Waals surface area contributed by atoms with Gasteiger partial charge in [-0.1, -0.05) is 30.3 Å². The van der Waals surface area contributed by atoms with Gasteiger partial charge in [0.1, 0.15) is 18.6 Å². The van der Waals surface area contributed by atoms with Gasteiger partial charge in [-0.05, 0) is 5.56 Å². The van der Waals surface area contributed by atoms with Crippen molar-refractivity contribution in [3.05, 3.63) is 35.9 Å². The minimum absolute atomic E-state index is 0.0562. The van der Waals surface area contributed by atoms with E-state index < -0.39 is 48.4 Å². The Kier molecular flexibility index (Phi) is 10.4. The van der Waals surface area contributed by atoms with Crippen molar-refractivity contribution in [1.29, 1.82) is 0 Å². The number of hydrogen-bond acceptors (Lipinski definition) is 7. The lowest BCUT2D eigenvalue weighted by molar-refractivity contribution is -0.138. The summed E-state index contributed by atoms with van der Waals surface area (Å²) in [4.78, 5) is 47.4. The molecule has 0 heterocycles. The van der Waals surface area contributed by atoms with Gasteiger partial charge < -0.3 is 26.8 Å². The summed E-state index contributed by atoms with van der Waals surface area (Å²) in [6.07, 6.45) is 0.174. The summed E-state index contributed by atoms with van der Waals surface area (Å²) < 4.78 is 0. The van der Waals surface area contributed by atoms with E-state index in [-0.39, 0.29) is 17.9 Å². The van der Waals surface area contributed by atoms with Crippen molar-refractivity contribution in [2.45, 2.75) is 24.5 Å². The third-order valence-electron chi connectivity index (χ3n) is 3.68. The molecule has 0 aliphatic rings. The number of amides is 3. The van der Waals surface area contributed by atoms with Crippen molar-refractivity contribution in [2.75, 3.05) is 18.1 Å². The van der Waals surface area contributed by atoms with Crippen LogP contribution in [0.25, 0.3) is 0 Å². The molecule has 0 spiro atoms. The maximum atomic E-state index is 12.7. The first-order valence-corrected chi connectivity index (χ1v) is 9.66. The summed E-state index contributed by atoms with van der Waals surface area (Å²) in [5.41, 5.74) is 6.44. The Hall–Kier alpha value is -2.24. The van der Waals surface area contributed by atoms with Crippen LogP contribution in [0.2, 0.25) is 0 Å². The molecule has 1 aromatic carbocycles. The third-order valence-corrected chi connectivity index (χ3v) is 4.44. The average molecular weight is 429 g/mol. The van der Waals surface area contributed by atoms with E-state index in [1.165, 1.54) is 0 Å². The highest BCUT2D eigenvalue weighted by Crippen LogP contribution is 2.05. The van der Waals surface area contributed by atoms with Crippen molar-refractivity contribution in [3.8, 4) is 0 Å². The molecule has 0 radical (unpaired) electrons. The van der Waals surface area contributed by atoms with Crippen molar-refractivity contribution < 1.29 is 24.3 Å². The van der Waals surface area contributed by atoms with Crippen LogP contribution in [0.5, 0.6) is 0 Å². The monoisotopic (exact) mass is 428 g/mol. The second kappa shape index (κ2) is 12.3. The highest BCUT2D eigenvalue weighted by molar-refractivity contribution is 7.80. The third kappa shape index (κ3) is 8.19. The minimum atomic E-state index is -1.22. The van der Waals surface area contributed by atoms with Crippen LogP contribution in [0.3, 0.4) is 0 Å². The van der Waals surface area contributed by atoms with Crippen LogP contribution >= 0.6 is 25.3 Å². The molecule has 154 valence electrons. The molecular weight excluding hydrogens is 404 g/mol. The molecule has 1 aromatic rings. The van der Waals surface area contributed by atoms with Crippen LogP contribution in [0.15, 0.2) is 30.3 Å². The second-order valence-electron chi connectivity index (χ2n) is 5.90. The summed E-state index contributed by atoms with van der Waals surface area (Å²) in [5, 5.41) is 15.9. The zero-order chi connectivity index (χ0) is 21.1. The van der Waals surface area contributed by atoms with E-state index >= 15 is 0 Å². The van der Waals surface area contributed by atoms with E-state index in [0.29, 0.717) is 0 Å². The number of hydrogen-bond donors (Lipinski definition) is 7. The molecule has 0 bridgehead atoms. The quantitative estimate of drug-likeness (QED) is 0.215. The highest BCUT2D eigenvalue weighted by atomic mass is 32.1. The van der Waals surface area contributed by atoms with Crippen LogP contribution in [0, 0.1) is 0 Å². The van der Waals surface area contributed by atoms with Crippen molar-refractivity contribution >= 4 is 48.9 Å². The molecule has 9 nitrogen and oxygen atoms in total.